The zero-order chi connectivity index (χ0) is 18.1. The highest BCUT2D eigenvalue weighted by Crippen LogP contribution is 2.33. The zero-order valence-electron chi connectivity index (χ0n) is 14.8. The van der Waals surface area contributed by atoms with Crippen molar-refractivity contribution in [1.29, 1.82) is 0 Å². The van der Waals surface area contributed by atoms with Crippen molar-refractivity contribution < 1.29 is 17.9 Å². The SMILES string of the molecule is O=C(Nc1cccc2c1OCCC2)N1CCC(N2CCCS2(=O)=O)CC1. The van der Waals surface area contributed by atoms with E-state index < -0.39 is 10.0 Å². The molecule has 0 saturated carbocycles. The third kappa shape index (κ3) is 3.40. The summed E-state index contributed by atoms with van der Waals surface area (Å²) in [5, 5.41) is 2.97. The first kappa shape index (κ1) is 17.6. The van der Waals surface area contributed by atoms with Crippen LogP contribution in [0.25, 0.3) is 0 Å². The highest BCUT2D eigenvalue weighted by Gasteiger charge is 2.36. The second-order valence-corrected chi connectivity index (χ2v) is 9.22. The Labute approximate surface area is 154 Å². The number of amides is 2. The van der Waals surface area contributed by atoms with Gasteiger partial charge >= 0.3 is 6.03 Å². The van der Waals surface area contributed by atoms with Crippen molar-refractivity contribution in [2.24, 2.45) is 0 Å². The fraction of sp³-hybridized carbons (Fsp3) is 0.611. The number of para-hydroxylation sites is 1. The number of piperidine rings is 1. The lowest BCUT2D eigenvalue weighted by molar-refractivity contribution is 0.170. The number of ether oxygens (including phenoxy) is 1. The molecule has 2 saturated heterocycles. The number of carbonyl (C=O) groups excluding carboxylic acids is 1. The molecule has 0 unspecified atom stereocenters. The van der Waals surface area contributed by atoms with E-state index in [0.717, 1.165) is 29.8 Å². The van der Waals surface area contributed by atoms with Crippen molar-refractivity contribution in [2.45, 2.75) is 38.1 Å². The number of carbonyl (C=O) groups is 1. The van der Waals surface area contributed by atoms with Crippen molar-refractivity contribution >= 4 is 21.7 Å². The van der Waals surface area contributed by atoms with Crippen molar-refractivity contribution in [1.82, 2.24) is 9.21 Å². The molecule has 0 atom stereocenters. The van der Waals surface area contributed by atoms with Crippen LogP contribution in [0.2, 0.25) is 0 Å². The fourth-order valence-electron chi connectivity index (χ4n) is 4.11. The largest absolute Gasteiger partial charge is 0.491 e. The quantitative estimate of drug-likeness (QED) is 0.853. The Morgan fingerprint density at radius 2 is 1.96 bits per heavy atom. The van der Waals surface area contributed by atoms with Gasteiger partial charge in [-0.1, -0.05) is 12.1 Å². The van der Waals surface area contributed by atoms with E-state index in [1.54, 1.807) is 9.21 Å². The number of rotatable bonds is 2. The Balaban J connectivity index is 1.37. The standard InChI is InChI=1S/C18H25N3O4S/c22-18(19-16-6-1-4-14-5-2-12-25-17(14)16)20-10-7-15(8-11-20)21-9-3-13-26(21,23)24/h1,4,6,15H,2-3,5,7-13H2,(H,19,22). The second kappa shape index (κ2) is 7.08. The number of sulfonamides is 1. The molecule has 142 valence electrons. The minimum atomic E-state index is -3.09. The predicted molar refractivity (Wildman–Crippen MR) is 99.0 cm³/mol. The summed E-state index contributed by atoms with van der Waals surface area (Å²) in [6, 6.07) is 5.72. The van der Waals surface area contributed by atoms with Crippen LogP contribution < -0.4 is 10.1 Å². The lowest BCUT2D eigenvalue weighted by Gasteiger charge is -2.36. The maximum absolute atomic E-state index is 12.6. The van der Waals surface area contributed by atoms with Crippen LogP contribution in [-0.4, -0.2) is 61.7 Å². The third-order valence-electron chi connectivity index (χ3n) is 5.47. The van der Waals surface area contributed by atoms with Gasteiger partial charge in [-0.2, -0.15) is 4.31 Å². The lowest BCUT2D eigenvalue weighted by atomic mass is 10.0. The number of hydrogen-bond acceptors (Lipinski definition) is 4. The van der Waals surface area contributed by atoms with Gasteiger partial charge in [0.05, 0.1) is 18.0 Å². The summed E-state index contributed by atoms with van der Waals surface area (Å²) in [5.41, 5.74) is 1.85. The van der Waals surface area contributed by atoms with Gasteiger partial charge in [-0.25, -0.2) is 13.2 Å². The van der Waals surface area contributed by atoms with Crippen LogP contribution in [0.5, 0.6) is 5.75 Å². The van der Waals surface area contributed by atoms with Gasteiger partial charge in [-0.05, 0) is 43.7 Å². The summed E-state index contributed by atoms with van der Waals surface area (Å²) in [6.45, 7) is 2.43. The minimum absolute atomic E-state index is 0.0272. The molecule has 1 aromatic carbocycles. The molecule has 3 aliphatic heterocycles. The second-order valence-electron chi connectivity index (χ2n) is 7.17. The number of anilines is 1. The number of hydrogen-bond donors (Lipinski definition) is 1. The molecular weight excluding hydrogens is 354 g/mol. The Morgan fingerprint density at radius 1 is 1.15 bits per heavy atom. The molecule has 1 aromatic rings. The van der Waals surface area contributed by atoms with Gasteiger partial charge in [0.1, 0.15) is 5.75 Å². The molecule has 3 heterocycles. The molecule has 4 rings (SSSR count). The van der Waals surface area contributed by atoms with Crippen LogP contribution in [0.15, 0.2) is 18.2 Å². The summed E-state index contributed by atoms with van der Waals surface area (Å²) >= 11 is 0. The van der Waals surface area contributed by atoms with Gasteiger partial charge in [0.15, 0.2) is 0 Å². The smallest absolute Gasteiger partial charge is 0.321 e. The summed E-state index contributed by atoms with van der Waals surface area (Å²) in [4.78, 5) is 14.4. The molecule has 8 heteroatoms. The highest BCUT2D eigenvalue weighted by atomic mass is 32.2. The molecule has 0 radical (unpaired) electrons. The van der Waals surface area contributed by atoms with Gasteiger partial charge in [-0.15, -0.1) is 0 Å². The molecule has 0 aliphatic carbocycles. The lowest BCUT2D eigenvalue weighted by Crippen LogP contribution is -2.48. The Hall–Kier alpha value is -1.80. The van der Waals surface area contributed by atoms with Gasteiger partial charge in [-0.3, -0.25) is 0 Å². The monoisotopic (exact) mass is 379 g/mol. The molecule has 2 fully saturated rings. The van der Waals surface area contributed by atoms with E-state index >= 15 is 0 Å². The summed E-state index contributed by atoms with van der Waals surface area (Å²) in [5.74, 6) is 1.04. The number of nitrogens with one attached hydrogen (secondary N) is 1. The van der Waals surface area contributed by atoms with Crippen LogP contribution >= 0.6 is 0 Å². The van der Waals surface area contributed by atoms with Crippen LogP contribution in [0.3, 0.4) is 0 Å². The van der Waals surface area contributed by atoms with Crippen molar-refractivity contribution in [3.8, 4) is 5.75 Å². The van der Waals surface area contributed by atoms with E-state index in [1.165, 1.54) is 0 Å². The molecular formula is C18H25N3O4S. The first-order valence-corrected chi connectivity index (χ1v) is 11.0. The van der Waals surface area contributed by atoms with Gasteiger partial charge < -0.3 is 15.0 Å². The van der Waals surface area contributed by atoms with Crippen molar-refractivity contribution in [2.75, 3.05) is 37.3 Å². The topological polar surface area (TPSA) is 79.0 Å². The minimum Gasteiger partial charge on any atom is -0.491 e. The predicted octanol–water partition coefficient (Wildman–Crippen LogP) is 2.04. The highest BCUT2D eigenvalue weighted by molar-refractivity contribution is 7.89. The normalized spacial score (nSPS) is 23.3. The number of likely N-dealkylation sites (tertiary alicyclic amines) is 1. The molecule has 3 aliphatic rings. The molecule has 1 N–H and O–H groups in total. The van der Waals surface area contributed by atoms with Crippen LogP contribution in [0.1, 0.15) is 31.2 Å². The number of aryl methyl sites for hydroxylation is 1. The Kier molecular flexibility index (Phi) is 4.79. The van der Waals surface area contributed by atoms with E-state index in [0.29, 0.717) is 45.5 Å². The number of fused-ring (bicyclic) bond motifs is 1. The molecule has 0 aromatic heterocycles. The fourth-order valence-corrected chi connectivity index (χ4v) is 5.91. The maximum Gasteiger partial charge on any atom is 0.321 e. The first-order chi connectivity index (χ1) is 12.5. The Morgan fingerprint density at radius 3 is 2.69 bits per heavy atom. The number of benzene rings is 1. The van der Waals surface area contributed by atoms with Gasteiger partial charge in [0.25, 0.3) is 0 Å². The molecule has 7 nitrogen and oxygen atoms in total. The summed E-state index contributed by atoms with van der Waals surface area (Å²) in [6.07, 6.45) is 4.06. The van der Waals surface area contributed by atoms with Gasteiger partial charge in [0, 0.05) is 25.7 Å². The van der Waals surface area contributed by atoms with Gasteiger partial charge in [0.2, 0.25) is 10.0 Å². The average molecular weight is 379 g/mol. The summed E-state index contributed by atoms with van der Waals surface area (Å²) in [7, 11) is -3.09. The number of nitrogens with zero attached hydrogens (tertiary/aromatic N) is 2. The molecule has 0 spiro atoms. The van der Waals surface area contributed by atoms with E-state index in [-0.39, 0.29) is 17.8 Å². The van der Waals surface area contributed by atoms with E-state index in [9.17, 15) is 13.2 Å². The number of urea groups is 1. The Bertz CT molecular complexity index is 788. The average Bonchev–Trinajstić information content (AvgIpc) is 3.01. The zero-order valence-corrected chi connectivity index (χ0v) is 15.6. The van der Waals surface area contributed by atoms with E-state index in [1.807, 2.05) is 18.2 Å². The van der Waals surface area contributed by atoms with Crippen molar-refractivity contribution in [3.05, 3.63) is 23.8 Å². The van der Waals surface area contributed by atoms with Crippen LogP contribution in [0.4, 0.5) is 10.5 Å². The van der Waals surface area contributed by atoms with Crippen LogP contribution in [0, 0.1) is 0 Å². The van der Waals surface area contributed by atoms with E-state index in [4.69, 9.17) is 4.74 Å². The summed E-state index contributed by atoms with van der Waals surface area (Å²) < 4.78 is 31.5. The first-order valence-electron chi connectivity index (χ1n) is 9.35. The molecule has 0 bridgehead atoms. The van der Waals surface area contributed by atoms with Crippen molar-refractivity contribution in [3.63, 3.8) is 0 Å². The molecule has 2 amide bonds. The van der Waals surface area contributed by atoms with E-state index in [2.05, 4.69) is 5.32 Å². The molecule has 26 heavy (non-hydrogen) atoms. The van der Waals surface area contributed by atoms with Crippen LogP contribution in [-0.2, 0) is 16.4 Å². The third-order valence-corrected chi connectivity index (χ3v) is 7.47. The maximum atomic E-state index is 12.6.